The summed E-state index contributed by atoms with van der Waals surface area (Å²) >= 11 is 5.85. The molecule has 82 valence electrons. The number of hydrogen-bond acceptors (Lipinski definition) is 1. The Labute approximate surface area is 96.1 Å². The van der Waals surface area contributed by atoms with Crippen molar-refractivity contribution in [2.24, 2.45) is 5.41 Å². The van der Waals surface area contributed by atoms with Crippen molar-refractivity contribution < 1.29 is 5.11 Å². The Kier molecular flexibility index (Phi) is 3.32. The molecule has 1 N–H and O–H groups in total. The van der Waals surface area contributed by atoms with E-state index in [1.807, 2.05) is 12.1 Å². The molecule has 1 aromatic carbocycles. The molecule has 1 nitrogen and oxygen atoms in total. The van der Waals surface area contributed by atoms with Gasteiger partial charge in [-0.25, -0.2) is 0 Å². The van der Waals surface area contributed by atoms with Crippen molar-refractivity contribution in [2.75, 3.05) is 6.61 Å². The lowest BCUT2D eigenvalue weighted by molar-refractivity contribution is 0.130. The van der Waals surface area contributed by atoms with E-state index in [2.05, 4.69) is 12.1 Å². The van der Waals surface area contributed by atoms with Crippen molar-refractivity contribution >= 4 is 11.6 Å². The van der Waals surface area contributed by atoms with Gasteiger partial charge in [-0.05, 0) is 42.4 Å². The number of hydrogen-bond donors (Lipinski definition) is 1. The maximum Gasteiger partial charge on any atom is 0.0490 e. The standard InChI is InChI=1S/C13H17ClO/c14-12-5-3-11(4-6-12)9-13(10-15)7-1-2-8-13/h3-6,15H,1-2,7-10H2. The quantitative estimate of drug-likeness (QED) is 0.834. The van der Waals surface area contributed by atoms with Gasteiger partial charge in [-0.15, -0.1) is 0 Å². The van der Waals surface area contributed by atoms with E-state index >= 15 is 0 Å². The fraction of sp³-hybridized carbons (Fsp3) is 0.538. The van der Waals surface area contributed by atoms with Crippen LogP contribution in [-0.4, -0.2) is 11.7 Å². The van der Waals surface area contributed by atoms with Crippen LogP contribution in [0.2, 0.25) is 5.02 Å². The number of halogens is 1. The van der Waals surface area contributed by atoms with Gasteiger partial charge in [0.2, 0.25) is 0 Å². The molecule has 0 aliphatic heterocycles. The zero-order chi connectivity index (χ0) is 10.7. The monoisotopic (exact) mass is 224 g/mol. The van der Waals surface area contributed by atoms with Gasteiger partial charge in [0.05, 0.1) is 0 Å². The average molecular weight is 225 g/mol. The van der Waals surface area contributed by atoms with Gasteiger partial charge in [0.15, 0.2) is 0 Å². The maximum absolute atomic E-state index is 9.51. The predicted octanol–water partition coefficient (Wildman–Crippen LogP) is 3.44. The van der Waals surface area contributed by atoms with Crippen LogP contribution in [0.5, 0.6) is 0 Å². The number of rotatable bonds is 3. The molecule has 1 saturated carbocycles. The lowest BCUT2D eigenvalue weighted by atomic mass is 9.81. The van der Waals surface area contributed by atoms with Crippen molar-refractivity contribution in [3.8, 4) is 0 Å². The molecule has 1 aromatic rings. The summed E-state index contributed by atoms with van der Waals surface area (Å²) in [5.41, 5.74) is 1.43. The normalized spacial score (nSPS) is 19.3. The number of aliphatic hydroxyl groups is 1. The highest BCUT2D eigenvalue weighted by Crippen LogP contribution is 2.40. The van der Waals surface area contributed by atoms with Gasteiger partial charge in [0.1, 0.15) is 0 Å². The predicted molar refractivity (Wildman–Crippen MR) is 63.1 cm³/mol. The molecule has 0 radical (unpaired) electrons. The Hall–Kier alpha value is -0.530. The fourth-order valence-electron chi connectivity index (χ4n) is 2.55. The molecule has 1 aliphatic rings. The Morgan fingerprint density at radius 3 is 2.27 bits per heavy atom. The summed E-state index contributed by atoms with van der Waals surface area (Å²) in [6.45, 7) is 0.315. The second kappa shape index (κ2) is 4.54. The van der Waals surface area contributed by atoms with Gasteiger partial charge in [-0.1, -0.05) is 36.6 Å². The first kappa shape index (κ1) is 11.0. The van der Waals surface area contributed by atoms with E-state index in [4.69, 9.17) is 11.6 Å². The van der Waals surface area contributed by atoms with E-state index in [9.17, 15) is 5.11 Å². The SMILES string of the molecule is OCC1(Cc2ccc(Cl)cc2)CCCC1. The second-order valence-corrected chi connectivity index (χ2v) is 5.10. The highest BCUT2D eigenvalue weighted by atomic mass is 35.5. The summed E-state index contributed by atoms with van der Waals surface area (Å²) in [5, 5.41) is 10.3. The Morgan fingerprint density at radius 2 is 1.73 bits per heavy atom. The van der Waals surface area contributed by atoms with Crippen LogP contribution in [-0.2, 0) is 6.42 Å². The fourth-order valence-corrected chi connectivity index (χ4v) is 2.68. The zero-order valence-corrected chi connectivity index (χ0v) is 9.63. The molecule has 2 heteroatoms. The molecule has 0 spiro atoms. The van der Waals surface area contributed by atoms with Crippen LogP contribution < -0.4 is 0 Å². The molecular weight excluding hydrogens is 208 g/mol. The van der Waals surface area contributed by atoms with E-state index in [1.54, 1.807) is 0 Å². The molecule has 15 heavy (non-hydrogen) atoms. The van der Waals surface area contributed by atoms with Gasteiger partial charge in [0, 0.05) is 11.6 Å². The van der Waals surface area contributed by atoms with Crippen LogP contribution in [0, 0.1) is 5.41 Å². The van der Waals surface area contributed by atoms with E-state index in [1.165, 1.54) is 18.4 Å². The highest BCUT2D eigenvalue weighted by molar-refractivity contribution is 6.30. The third kappa shape index (κ3) is 2.53. The lowest BCUT2D eigenvalue weighted by Crippen LogP contribution is -2.24. The first-order chi connectivity index (χ1) is 7.24. The molecule has 2 rings (SSSR count). The van der Waals surface area contributed by atoms with Crippen LogP contribution in [0.4, 0.5) is 0 Å². The molecule has 0 heterocycles. The molecule has 0 aromatic heterocycles. The minimum absolute atomic E-state index is 0.147. The summed E-state index contributed by atoms with van der Waals surface area (Å²) in [5.74, 6) is 0. The van der Waals surface area contributed by atoms with Crippen LogP contribution in [0.15, 0.2) is 24.3 Å². The molecule has 0 unspecified atom stereocenters. The summed E-state index contributed by atoms with van der Waals surface area (Å²) in [4.78, 5) is 0. The molecule has 1 fully saturated rings. The van der Waals surface area contributed by atoms with Gasteiger partial charge < -0.3 is 5.11 Å². The van der Waals surface area contributed by atoms with Gasteiger partial charge in [-0.3, -0.25) is 0 Å². The molecule has 0 saturated heterocycles. The first-order valence-corrected chi connectivity index (χ1v) is 5.97. The largest absolute Gasteiger partial charge is 0.396 e. The number of aliphatic hydroxyl groups excluding tert-OH is 1. The minimum atomic E-state index is 0.147. The van der Waals surface area contributed by atoms with Crippen molar-refractivity contribution in [3.63, 3.8) is 0 Å². The topological polar surface area (TPSA) is 20.2 Å². The average Bonchev–Trinajstić information content (AvgIpc) is 2.71. The third-order valence-corrected chi connectivity index (χ3v) is 3.74. The van der Waals surface area contributed by atoms with Gasteiger partial charge in [0.25, 0.3) is 0 Å². The minimum Gasteiger partial charge on any atom is -0.396 e. The van der Waals surface area contributed by atoms with Crippen molar-refractivity contribution in [3.05, 3.63) is 34.9 Å². The second-order valence-electron chi connectivity index (χ2n) is 4.67. The third-order valence-electron chi connectivity index (χ3n) is 3.49. The van der Waals surface area contributed by atoms with Crippen molar-refractivity contribution in [2.45, 2.75) is 32.1 Å². The Morgan fingerprint density at radius 1 is 1.13 bits per heavy atom. The smallest absolute Gasteiger partial charge is 0.0490 e. The molecule has 1 aliphatic carbocycles. The van der Waals surface area contributed by atoms with E-state index < -0.39 is 0 Å². The molecule has 0 amide bonds. The summed E-state index contributed by atoms with van der Waals surface area (Å²) in [7, 11) is 0. The highest BCUT2D eigenvalue weighted by Gasteiger charge is 2.33. The van der Waals surface area contributed by atoms with Crippen molar-refractivity contribution in [1.82, 2.24) is 0 Å². The maximum atomic E-state index is 9.51. The summed E-state index contributed by atoms with van der Waals surface area (Å²) < 4.78 is 0. The molecule has 0 bridgehead atoms. The van der Waals surface area contributed by atoms with Crippen LogP contribution in [0.1, 0.15) is 31.2 Å². The van der Waals surface area contributed by atoms with Crippen LogP contribution >= 0.6 is 11.6 Å². The molecule has 0 atom stereocenters. The van der Waals surface area contributed by atoms with E-state index in [-0.39, 0.29) is 5.41 Å². The van der Waals surface area contributed by atoms with Crippen LogP contribution in [0.3, 0.4) is 0 Å². The lowest BCUT2D eigenvalue weighted by Gasteiger charge is -2.26. The first-order valence-electron chi connectivity index (χ1n) is 5.59. The number of benzene rings is 1. The van der Waals surface area contributed by atoms with Crippen LogP contribution in [0.25, 0.3) is 0 Å². The summed E-state index contributed by atoms with van der Waals surface area (Å²) in [6.07, 6.45) is 5.82. The Bertz CT molecular complexity index is 312. The van der Waals surface area contributed by atoms with Crippen molar-refractivity contribution in [1.29, 1.82) is 0 Å². The Balaban J connectivity index is 2.09. The molecular formula is C13H17ClO. The van der Waals surface area contributed by atoms with E-state index in [0.717, 1.165) is 24.3 Å². The van der Waals surface area contributed by atoms with Gasteiger partial charge >= 0.3 is 0 Å². The van der Waals surface area contributed by atoms with E-state index in [0.29, 0.717) is 6.61 Å². The zero-order valence-electron chi connectivity index (χ0n) is 8.88. The summed E-state index contributed by atoms with van der Waals surface area (Å²) in [6, 6.07) is 7.99. The van der Waals surface area contributed by atoms with Gasteiger partial charge in [-0.2, -0.15) is 0 Å².